The fourth-order valence-corrected chi connectivity index (χ4v) is 1.51. The number of hydrogen-bond donors (Lipinski definition) is 4. The zero-order chi connectivity index (χ0) is 12.7. The van der Waals surface area contributed by atoms with Crippen molar-refractivity contribution < 1.29 is 19.8 Å². The molecule has 0 rings (SSSR count). The van der Waals surface area contributed by atoms with Gasteiger partial charge in [-0.25, -0.2) is 4.79 Å². The zero-order valence-corrected chi connectivity index (χ0v) is 10.2. The predicted molar refractivity (Wildman–Crippen MR) is 62.2 cm³/mol. The van der Waals surface area contributed by atoms with E-state index in [9.17, 15) is 9.59 Å². The minimum Gasteiger partial charge on any atom is -0.480 e. The highest BCUT2D eigenvalue weighted by Gasteiger charge is 2.26. The Morgan fingerprint density at radius 2 is 2.06 bits per heavy atom. The summed E-state index contributed by atoms with van der Waals surface area (Å²) in [6.07, 6.45) is 1.20. The highest BCUT2D eigenvalue weighted by atomic mass is 32.2. The standard InChI is InChI=1S/C9H18N2O4S/c1-5(12)7(9(14)15)11-8(13)6(10)3-4-16-2/h5-7,12H,3-4,10H2,1-2H3,(H,11,13)(H,14,15)/t5?,6-,7?/m1/s1. The molecule has 0 aliphatic rings. The summed E-state index contributed by atoms with van der Waals surface area (Å²) in [6, 6.07) is -2.05. The molecule has 6 nitrogen and oxygen atoms in total. The molecule has 5 N–H and O–H groups in total. The van der Waals surface area contributed by atoms with Crippen LogP contribution in [0.2, 0.25) is 0 Å². The van der Waals surface area contributed by atoms with Gasteiger partial charge in [-0.05, 0) is 25.4 Å². The van der Waals surface area contributed by atoms with Crippen LogP contribution in [0.15, 0.2) is 0 Å². The number of nitrogens with one attached hydrogen (secondary N) is 1. The van der Waals surface area contributed by atoms with Crippen molar-refractivity contribution in [1.29, 1.82) is 0 Å². The summed E-state index contributed by atoms with van der Waals surface area (Å²) in [5.41, 5.74) is 5.55. The Morgan fingerprint density at radius 3 is 2.44 bits per heavy atom. The van der Waals surface area contributed by atoms with Crippen LogP contribution in [0.4, 0.5) is 0 Å². The normalized spacial score (nSPS) is 16.2. The van der Waals surface area contributed by atoms with Crippen LogP contribution >= 0.6 is 11.8 Å². The van der Waals surface area contributed by atoms with Gasteiger partial charge in [0.25, 0.3) is 0 Å². The second-order valence-electron chi connectivity index (χ2n) is 3.45. The van der Waals surface area contributed by atoms with Gasteiger partial charge < -0.3 is 21.3 Å². The molecule has 0 bridgehead atoms. The molecule has 2 unspecified atom stereocenters. The number of aliphatic hydroxyl groups excluding tert-OH is 1. The van der Waals surface area contributed by atoms with Crippen molar-refractivity contribution in [3.8, 4) is 0 Å². The van der Waals surface area contributed by atoms with Gasteiger partial charge >= 0.3 is 5.97 Å². The fourth-order valence-electron chi connectivity index (χ4n) is 1.02. The summed E-state index contributed by atoms with van der Waals surface area (Å²) < 4.78 is 0. The molecule has 0 fully saturated rings. The maximum absolute atomic E-state index is 11.4. The van der Waals surface area contributed by atoms with Gasteiger partial charge in [-0.1, -0.05) is 0 Å². The van der Waals surface area contributed by atoms with Gasteiger partial charge in [0.2, 0.25) is 5.91 Å². The molecule has 1 amide bonds. The average Bonchev–Trinajstić information content (AvgIpc) is 2.20. The summed E-state index contributed by atoms with van der Waals surface area (Å²) in [7, 11) is 0. The molecule has 0 aromatic carbocycles. The lowest BCUT2D eigenvalue weighted by molar-refractivity contribution is -0.145. The van der Waals surface area contributed by atoms with E-state index in [4.69, 9.17) is 15.9 Å². The second kappa shape index (κ2) is 7.48. The maximum atomic E-state index is 11.4. The topological polar surface area (TPSA) is 113 Å². The molecule has 0 heterocycles. The Labute approximate surface area is 98.6 Å². The molecule has 7 heteroatoms. The minimum atomic E-state index is -1.31. The van der Waals surface area contributed by atoms with Crippen LogP contribution in [0.5, 0.6) is 0 Å². The Morgan fingerprint density at radius 1 is 1.50 bits per heavy atom. The van der Waals surface area contributed by atoms with Crippen LogP contribution in [0.1, 0.15) is 13.3 Å². The molecule has 3 atom stereocenters. The highest BCUT2D eigenvalue weighted by molar-refractivity contribution is 7.98. The Kier molecular flexibility index (Phi) is 7.11. The third-order valence-corrected chi connectivity index (χ3v) is 2.66. The molecule has 0 radical (unpaired) electrons. The summed E-state index contributed by atoms with van der Waals surface area (Å²) in [6.45, 7) is 1.30. The number of carbonyl (C=O) groups excluding carboxylic acids is 1. The third kappa shape index (κ3) is 5.34. The number of aliphatic carboxylic acids is 1. The quantitative estimate of drug-likeness (QED) is 0.462. The largest absolute Gasteiger partial charge is 0.480 e. The summed E-state index contributed by atoms with van der Waals surface area (Å²) >= 11 is 1.55. The van der Waals surface area contributed by atoms with Crippen LogP contribution in [-0.2, 0) is 9.59 Å². The van der Waals surface area contributed by atoms with Crippen molar-refractivity contribution in [2.75, 3.05) is 12.0 Å². The van der Waals surface area contributed by atoms with Crippen LogP contribution in [0, 0.1) is 0 Å². The lowest BCUT2D eigenvalue weighted by atomic mass is 10.1. The van der Waals surface area contributed by atoms with Gasteiger partial charge in [-0.2, -0.15) is 11.8 Å². The van der Waals surface area contributed by atoms with E-state index >= 15 is 0 Å². The molecule has 0 aliphatic carbocycles. The second-order valence-corrected chi connectivity index (χ2v) is 4.44. The lowest BCUT2D eigenvalue weighted by Crippen LogP contribution is -2.52. The molecule has 0 aromatic rings. The first kappa shape index (κ1) is 15.2. The molecular weight excluding hydrogens is 232 g/mol. The van der Waals surface area contributed by atoms with E-state index in [1.807, 2.05) is 6.26 Å². The number of carbonyl (C=O) groups is 2. The zero-order valence-electron chi connectivity index (χ0n) is 9.34. The Hall–Kier alpha value is -0.790. The molecule has 0 saturated carbocycles. The lowest BCUT2D eigenvalue weighted by Gasteiger charge is -2.19. The molecule has 0 aliphatic heterocycles. The van der Waals surface area contributed by atoms with Crippen LogP contribution in [0.3, 0.4) is 0 Å². The molecule has 16 heavy (non-hydrogen) atoms. The first-order valence-corrected chi connectivity index (χ1v) is 6.25. The Bertz CT molecular complexity index is 248. The fraction of sp³-hybridized carbons (Fsp3) is 0.778. The van der Waals surface area contributed by atoms with E-state index in [1.54, 1.807) is 11.8 Å². The monoisotopic (exact) mass is 250 g/mol. The number of nitrogens with two attached hydrogens (primary N) is 1. The van der Waals surface area contributed by atoms with E-state index in [2.05, 4.69) is 5.32 Å². The van der Waals surface area contributed by atoms with Gasteiger partial charge in [0, 0.05) is 0 Å². The van der Waals surface area contributed by atoms with Crippen molar-refractivity contribution in [2.24, 2.45) is 5.73 Å². The van der Waals surface area contributed by atoms with Crippen molar-refractivity contribution in [3.05, 3.63) is 0 Å². The van der Waals surface area contributed by atoms with Crippen molar-refractivity contribution in [3.63, 3.8) is 0 Å². The SMILES string of the molecule is CSCC[C@@H](N)C(=O)NC(C(=O)O)C(C)O. The first-order chi connectivity index (χ1) is 7.40. The molecular formula is C9H18N2O4S. The van der Waals surface area contributed by atoms with Gasteiger partial charge in [-0.3, -0.25) is 4.79 Å². The van der Waals surface area contributed by atoms with Crippen molar-refractivity contribution in [2.45, 2.75) is 31.5 Å². The van der Waals surface area contributed by atoms with Gasteiger partial charge in [0.05, 0.1) is 12.1 Å². The number of carboxylic acid groups (broad SMARTS) is 1. The van der Waals surface area contributed by atoms with Crippen LogP contribution in [-0.4, -0.2) is 52.3 Å². The average molecular weight is 250 g/mol. The number of carboxylic acids is 1. The number of hydrogen-bond acceptors (Lipinski definition) is 5. The highest BCUT2D eigenvalue weighted by Crippen LogP contribution is 2.00. The van der Waals surface area contributed by atoms with E-state index in [0.717, 1.165) is 5.75 Å². The molecule has 0 spiro atoms. The smallest absolute Gasteiger partial charge is 0.328 e. The van der Waals surface area contributed by atoms with Crippen LogP contribution < -0.4 is 11.1 Å². The summed E-state index contributed by atoms with van der Waals surface area (Å²) in [5.74, 6) is -1.11. The van der Waals surface area contributed by atoms with Crippen molar-refractivity contribution in [1.82, 2.24) is 5.32 Å². The Balaban J connectivity index is 4.24. The number of aliphatic hydroxyl groups is 1. The van der Waals surface area contributed by atoms with Crippen LogP contribution in [0.25, 0.3) is 0 Å². The van der Waals surface area contributed by atoms with E-state index in [1.165, 1.54) is 6.92 Å². The number of rotatable bonds is 7. The maximum Gasteiger partial charge on any atom is 0.328 e. The number of amides is 1. The molecule has 0 aromatic heterocycles. The first-order valence-electron chi connectivity index (χ1n) is 4.86. The predicted octanol–water partition coefficient (Wildman–Crippen LogP) is -0.983. The van der Waals surface area contributed by atoms with Crippen molar-refractivity contribution >= 4 is 23.6 Å². The van der Waals surface area contributed by atoms with E-state index < -0.39 is 30.1 Å². The van der Waals surface area contributed by atoms with E-state index in [-0.39, 0.29) is 0 Å². The van der Waals surface area contributed by atoms with Gasteiger partial charge in [0.1, 0.15) is 0 Å². The third-order valence-electron chi connectivity index (χ3n) is 2.02. The van der Waals surface area contributed by atoms with Gasteiger partial charge in [0.15, 0.2) is 6.04 Å². The number of thioether (sulfide) groups is 1. The summed E-state index contributed by atoms with van der Waals surface area (Å²) in [4.78, 5) is 22.1. The summed E-state index contributed by atoms with van der Waals surface area (Å²) in [5, 5.41) is 20.1. The van der Waals surface area contributed by atoms with Gasteiger partial charge in [-0.15, -0.1) is 0 Å². The molecule has 0 saturated heterocycles. The minimum absolute atomic E-state index is 0.471. The molecule has 94 valence electrons. The van der Waals surface area contributed by atoms with E-state index in [0.29, 0.717) is 6.42 Å².